The minimum atomic E-state index is 0.516. The molecule has 3 atom stereocenters. The molecule has 0 aliphatic heterocycles. The van der Waals surface area contributed by atoms with Gasteiger partial charge in [-0.1, -0.05) is 33.6 Å². The lowest BCUT2D eigenvalue weighted by Crippen LogP contribution is -2.32. The summed E-state index contributed by atoms with van der Waals surface area (Å²) in [7, 11) is 0. The maximum Gasteiger partial charge on any atom is 0.110 e. The van der Waals surface area contributed by atoms with Gasteiger partial charge < -0.3 is 5.32 Å². The molecule has 3 unspecified atom stereocenters. The smallest absolute Gasteiger partial charge is 0.110 e. The highest BCUT2D eigenvalue weighted by atomic mass is 32.1. The zero-order valence-electron chi connectivity index (χ0n) is 13.1. The van der Waals surface area contributed by atoms with Crippen LogP contribution in [0.15, 0.2) is 5.38 Å². The van der Waals surface area contributed by atoms with Crippen molar-refractivity contribution in [2.75, 3.05) is 0 Å². The highest BCUT2D eigenvalue weighted by Gasteiger charge is 2.34. The van der Waals surface area contributed by atoms with Gasteiger partial charge >= 0.3 is 0 Å². The number of hydrogen-bond donors (Lipinski definition) is 1. The Morgan fingerprint density at radius 2 is 2.05 bits per heavy atom. The fourth-order valence-electron chi connectivity index (χ4n) is 3.41. The van der Waals surface area contributed by atoms with Crippen LogP contribution in [0.1, 0.15) is 82.0 Å². The van der Waals surface area contributed by atoms with Gasteiger partial charge in [0, 0.05) is 11.4 Å². The van der Waals surface area contributed by atoms with E-state index >= 15 is 0 Å². The third-order valence-electron chi connectivity index (χ3n) is 4.84. The third-order valence-corrected chi connectivity index (χ3v) is 5.78. The van der Waals surface area contributed by atoms with Gasteiger partial charge in [-0.05, 0) is 43.4 Å². The Balaban J connectivity index is 1.76. The van der Waals surface area contributed by atoms with Gasteiger partial charge in [0.1, 0.15) is 5.01 Å². The van der Waals surface area contributed by atoms with Crippen LogP contribution in [0.2, 0.25) is 0 Å². The van der Waals surface area contributed by atoms with E-state index in [0.29, 0.717) is 12.0 Å². The molecule has 2 nitrogen and oxygen atoms in total. The number of nitrogens with zero attached hydrogens (tertiary/aromatic N) is 1. The van der Waals surface area contributed by atoms with E-state index in [1.54, 1.807) is 0 Å². The second-order valence-corrected chi connectivity index (χ2v) is 8.11. The van der Waals surface area contributed by atoms with Crippen molar-refractivity contribution < 1.29 is 0 Å². The van der Waals surface area contributed by atoms with Crippen LogP contribution in [0.25, 0.3) is 0 Å². The molecule has 20 heavy (non-hydrogen) atoms. The van der Waals surface area contributed by atoms with Gasteiger partial charge in [0.15, 0.2) is 0 Å². The van der Waals surface area contributed by atoms with Crippen molar-refractivity contribution in [3.63, 3.8) is 0 Å². The van der Waals surface area contributed by atoms with Crippen LogP contribution >= 0.6 is 11.3 Å². The third kappa shape index (κ3) is 3.43. The van der Waals surface area contributed by atoms with E-state index in [4.69, 9.17) is 4.98 Å². The van der Waals surface area contributed by atoms with Crippen LogP contribution in [0.4, 0.5) is 0 Å². The summed E-state index contributed by atoms with van der Waals surface area (Å²) in [6, 6.07) is 1.28. The van der Waals surface area contributed by atoms with Crippen LogP contribution in [0, 0.1) is 11.8 Å². The molecule has 2 saturated carbocycles. The van der Waals surface area contributed by atoms with Crippen molar-refractivity contribution in [2.24, 2.45) is 11.8 Å². The predicted molar refractivity (Wildman–Crippen MR) is 86.2 cm³/mol. The first kappa shape index (κ1) is 14.5. The summed E-state index contributed by atoms with van der Waals surface area (Å²) in [6.07, 6.45) is 8.30. The van der Waals surface area contributed by atoms with Gasteiger partial charge in [-0.3, -0.25) is 0 Å². The molecule has 0 amide bonds. The molecule has 1 aromatic heterocycles. The van der Waals surface area contributed by atoms with Crippen molar-refractivity contribution in [1.82, 2.24) is 10.3 Å². The van der Waals surface area contributed by atoms with Crippen molar-refractivity contribution in [2.45, 2.75) is 77.3 Å². The number of rotatable bonds is 5. The Bertz CT molecular complexity index is 436. The first-order chi connectivity index (χ1) is 9.63. The monoisotopic (exact) mass is 292 g/mol. The Morgan fingerprint density at radius 3 is 2.65 bits per heavy atom. The fraction of sp³-hybridized carbons (Fsp3) is 0.824. The SMILES string of the molecule is CC1CCCC(C(NC2CC2)c2nc(C(C)C)cs2)C1. The van der Waals surface area contributed by atoms with E-state index in [9.17, 15) is 0 Å². The summed E-state index contributed by atoms with van der Waals surface area (Å²) >= 11 is 1.88. The zero-order chi connectivity index (χ0) is 14.1. The molecule has 3 rings (SSSR count). The summed E-state index contributed by atoms with van der Waals surface area (Å²) in [6.45, 7) is 6.90. The molecular weight excluding hydrogens is 264 g/mol. The molecule has 112 valence electrons. The van der Waals surface area contributed by atoms with Gasteiger partial charge in [-0.2, -0.15) is 0 Å². The van der Waals surface area contributed by atoms with Crippen LogP contribution in [-0.4, -0.2) is 11.0 Å². The van der Waals surface area contributed by atoms with Crippen LogP contribution in [-0.2, 0) is 0 Å². The number of hydrogen-bond acceptors (Lipinski definition) is 3. The van der Waals surface area contributed by atoms with E-state index in [1.807, 2.05) is 11.3 Å². The Labute approximate surface area is 127 Å². The maximum absolute atomic E-state index is 4.95. The Kier molecular flexibility index (Phi) is 4.46. The zero-order valence-corrected chi connectivity index (χ0v) is 13.9. The highest BCUT2D eigenvalue weighted by Crippen LogP contribution is 2.40. The standard InChI is InChI=1S/C17H28N2S/c1-11(2)15-10-20-17(19-15)16(18-14-7-8-14)13-6-4-5-12(3)9-13/h10-14,16,18H,4-9H2,1-3H3. The minimum absolute atomic E-state index is 0.516. The van der Waals surface area contributed by atoms with Crippen molar-refractivity contribution in [3.05, 3.63) is 16.1 Å². The summed E-state index contributed by atoms with van der Waals surface area (Å²) in [5.74, 6) is 2.24. The van der Waals surface area contributed by atoms with Gasteiger partial charge in [0.25, 0.3) is 0 Å². The molecule has 1 N–H and O–H groups in total. The average Bonchev–Trinajstić information content (AvgIpc) is 3.10. The van der Waals surface area contributed by atoms with Crippen molar-refractivity contribution >= 4 is 11.3 Å². The van der Waals surface area contributed by atoms with E-state index in [1.165, 1.54) is 49.2 Å². The molecule has 2 aliphatic rings. The number of nitrogens with one attached hydrogen (secondary N) is 1. The number of thiazole rings is 1. The lowest BCUT2D eigenvalue weighted by Gasteiger charge is -2.33. The van der Waals surface area contributed by atoms with Crippen molar-refractivity contribution in [3.8, 4) is 0 Å². The minimum Gasteiger partial charge on any atom is -0.305 e. The summed E-state index contributed by atoms with van der Waals surface area (Å²) in [5, 5.41) is 7.52. The molecule has 1 aromatic rings. The molecule has 2 aliphatic carbocycles. The average molecular weight is 292 g/mol. The predicted octanol–water partition coefficient (Wildman–Crippen LogP) is 4.89. The molecular formula is C17H28N2S. The Hall–Kier alpha value is -0.410. The van der Waals surface area contributed by atoms with Gasteiger partial charge in [-0.15, -0.1) is 11.3 Å². The van der Waals surface area contributed by atoms with E-state index in [-0.39, 0.29) is 0 Å². The molecule has 1 heterocycles. The molecule has 0 aromatic carbocycles. The fourth-order valence-corrected chi connectivity index (χ4v) is 4.54. The molecule has 0 radical (unpaired) electrons. The van der Waals surface area contributed by atoms with E-state index < -0.39 is 0 Å². The lowest BCUT2D eigenvalue weighted by molar-refractivity contribution is 0.222. The quantitative estimate of drug-likeness (QED) is 0.836. The van der Waals surface area contributed by atoms with Crippen LogP contribution in [0.3, 0.4) is 0 Å². The molecule has 0 spiro atoms. The first-order valence-corrected chi connectivity index (χ1v) is 9.22. The lowest BCUT2D eigenvalue weighted by atomic mass is 9.78. The van der Waals surface area contributed by atoms with Gasteiger partial charge in [0.2, 0.25) is 0 Å². The maximum atomic E-state index is 4.95. The first-order valence-electron chi connectivity index (χ1n) is 8.35. The highest BCUT2D eigenvalue weighted by molar-refractivity contribution is 7.09. The van der Waals surface area contributed by atoms with E-state index in [2.05, 4.69) is 31.5 Å². The van der Waals surface area contributed by atoms with Crippen LogP contribution < -0.4 is 5.32 Å². The van der Waals surface area contributed by atoms with Gasteiger partial charge in [-0.25, -0.2) is 4.98 Å². The Morgan fingerprint density at radius 1 is 1.25 bits per heavy atom. The second kappa shape index (κ2) is 6.15. The molecule has 0 saturated heterocycles. The van der Waals surface area contributed by atoms with Crippen molar-refractivity contribution in [1.29, 1.82) is 0 Å². The van der Waals surface area contributed by atoms with Gasteiger partial charge in [0.05, 0.1) is 11.7 Å². The molecule has 2 fully saturated rings. The van der Waals surface area contributed by atoms with E-state index in [0.717, 1.165) is 17.9 Å². The normalized spacial score (nSPS) is 28.8. The summed E-state index contributed by atoms with van der Waals surface area (Å²) in [4.78, 5) is 4.95. The summed E-state index contributed by atoms with van der Waals surface area (Å²) < 4.78 is 0. The topological polar surface area (TPSA) is 24.9 Å². The molecule has 0 bridgehead atoms. The number of aromatic nitrogens is 1. The molecule has 3 heteroatoms. The van der Waals surface area contributed by atoms with Crippen LogP contribution in [0.5, 0.6) is 0 Å². The largest absolute Gasteiger partial charge is 0.305 e. The second-order valence-electron chi connectivity index (χ2n) is 7.22. The summed E-state index contributed by atoms with van der Waals surface area (Å²) in [5.41, 5.74) is 1.27.